The van der Waals surface area contributed by atoms with Crippen LogP contribution in [0.15, 0.2) is 0 Å². The zero-order chi connectivity index (χ0) is 10.6. The van der Waals surface area contributed by atoms with Crippen LogP contribution in [0.1, 0.15) is 32.1 Å². The minimum atomic E-state index is -4.22. The zero-order valence-electron chi connectivity index (χ0n) is 7.91. The molecule has 0 aromatic heterocycles. The van der Waals surface area contributed by atoms with E-state index in [-0.39, 0.29) is 12.0 Å². The van der Waals surface area contributed by atoms with Gasteiger partial charge in [-0.1, -0.05) is 41.9 Å². The summed E-state index contributed by atoms with van der Waals surface area (Å²) in [7, 11) is 0. The van der Waals surface area contributed by atoms with E-state index in [4.69, 9.17) is 0 Å². The Kier molecular flexibility index (Phi) is 4.96. The summed E-state index contributed by atoms with van der Waals surface area (Å²) in [5.41, 5.74) is 0. The Hall–Kier alpha value is 0.480. The van der Waals surface area contributed by atoms with E-state index >= 15 is 0 Å². The van der Waals surface area contributed by atoms with Crippen molar-refractivity contribution in [2.45, 2.75) is 44.4 Å². The Morgan fingerprint density at radius 2 is 1.79 bits per heavy atom. The third-order valence-electron chi connectivity index (χ3n) is 2.71. The van der Waals surface area contributed by atoms with Gasteiger partial charge in [-0.05, 0) is 18.8 Å². The van der Waals surface area contributed by atoms with E-state index in [2.05, 4.69) is 22.6 Å². The quantitative estimate of drug-likeness (QED) is 0.355. The Labute approximate surface area is 96.0 Å². The van der Waals surface area contributed by atoms with Crippen LogP contribution < -0.4 is 5.32 Å². The van der Waals surface area contributed by atoms with Crippen LogP contribution in [-0.2, 0) is 0 Å². The standard InChI is InChI=1S/C9H15F3IN/c10-9(11,12)14-8-5-3-1-2-4-7(8)6-13/h7-8,14H,1-6H2. The Morgan fingerprint density at radius 3 is 2.36 bits per heavy atom. The molecular weight excluding hydrogens is 306 g/mol. The molecule has 0 amide bonds. The second-order valence-corrected chi connectivity index (χ2v) is 4.68. The average Bonchev–Trinajstić information content (AvgIpc) is 2.27. The predicted molar refractivity (Wildman–Crippen MR) is 58.4 cm³/mol. The molecule has 1 aliphatic rings. The maximum atomic E-state index is 12.2. The van der Waals surface area contributed by atoms with E-state index in [1.54, 1.807) is 5.32 Å². The topological polar surface area (TPSA) is 12.0 Å². The lowest BCUT2D eigenvalue weighted by molar-refractivity contribution is -0.167. The van der Waals surface area contributed by atoms with Crippen LogP contribution >= 0.6 is 22.6 Å². The molecule has 84 valence electrons. The van der Waals surface area contributed by atoms with Crippen molar-refractivity contribution < 1.29 is 13.2 Å². The van der Waals surface area contributed by atoms with Crippen molar-refractivity contribution in [2.75, 3.05) is 4.43 Å². The molecule has 0 heterocycles. The molecule has 0 spiro atoms. The summed E-state index contributed by atoms with van der Waals surface area (Å²) < 4.78 is 37.3. The monoisotopic (exact) mass is 321 g/mol. The highest BCUT2D eigenvalue weighted by atomic mass is 127. The number of halogens is 4. The molecule has 2 atom stereocenters. The van der Waals surface area contributed by atoms with Gasteiger partial charge in [0, 0.05) is 10.5 Å². The van der Waals surface area contributed by atoms with Gasteiger partial charge in [0.25, 0.3) is 0 Å². The number of hydrogen-bond donors (Lipinski definition) is 1. The molecule has 14 heavy (non-hydrogen) atoms. The predicted octanol–water partition coefficient (Wildman–Crippen LogP) is 3.48. The Bertz CT molecular complexity index is 172. The lowest BCUT2D eigenvalue weighted by Crippen LogP contribution is -2.45. The molecule has 0 aliphatic heterocycles. The van der Waals surface area contributed by atoms with Gasteiger partial charge in [-0.3, -0.25) is 0 Å². The normalized spacial score (nSPS) is 30.0. The Morgan fingerprint density at radius 1 is 1.14 bits per heavy atom. The fourth-order valence-electron chi connectivity index (χ4n) is 1.97. The van der Waals surface area contributed by atoms with Crippen molar-refractivity contribution in [2.24, 2.45) is 5.92 Å². The summed E-state index contributed by atoms with van der Waals surface area (Å²) in [5.74, 6) is 0.180. The van der Waals surface area contributed by atoms with E-state index in [0.717, 1.165) is 30.1 Å². The number of alkyl halides is 4. The summed E-state index contributed by atoms with van der Waals surface area (Å²) in [6, 6.07) is -0.366. The minimum Gasteiger partial charge on any atom is -0.225 e. The summed E-state index contributed by atoms with van der Waals surface area (Å²) in [4.78, 5) is 0. The Balaban J connectivity index is 2.52. The molecular formula is C9H15F3IN. The van der Waals surface area contributed by atoms with E-state index in [0.29, 0.717) is 6.42 Å². The zero-order valence-corrected chi connectivity index (χ0v) is 10.1. The smallest absolute Gasteiger partial charge is 0.225 e. The molecule has 0 aromatic rings. The van der Waals surface area contributed by atoms with Gasteiger partial charge in [0.05, 0.1) is 0 Å². The van der Waals surface area contributed by atoms with Gasteiger partial charge in [0.2, 0.25) is 0 Å². The highest BCUT2D eigenvalue weighted by Crippen LogP contribution is 2.27. The van der Waals surface area contributed by atoms with E-state index in [1.807, 2.05) is 0 Å². The number of rotatable bonds is 2. The minimum absolute atomic E-state index is 0.180. The van der Waals surface area contributed by atoms with Gasteiger partial charge in [-0.2, -0.15) is 13.2 Å². The van der Waals surface area contributed by atoms with Crippen LogP contribution in [0.4, 0.5) is 13.2 Å². The number of nitrogens with one attached hydrogen (secondary N) is 1. The van der Waals surface area contributed by atoms with Crippen molar-refractivity contribution in [1.29, 1.82) is 0 Å². The largest absolute Gasteiger partial charge is 0.457 e. The first kappa shape index (κ1) is 12.5. The van der Waals surface area contributed by atoms with Gasteiger partial charge in [0.15, 0.2) is 0 Å². The van der Waals surface area contributed by atoms with Gasteiger partial charge in [0.1, 0.15) is 0 Å². The molecule has 1 saturated carbocycles. The third kappa shape index (κ3) is 4.33. The van der Waals surface area contributed by atoms with Crippen LogP contribution in [-0.4, -0.2) is 16.8 Å². The molecule has 0 saturated heterocycles. The molecule has 0 aromatic carbocycles. The second-order valence-electron chi connectivity index (χ2n) is 3.80. The molecule has 1 aliphatic carbocycles. The van der Waals surface area contributed by atoms with Gasteiger partial charge in [-0.15, -0.1) is 0 Å². The van der Waals surface area contributed by atoms with Crippen molar-refractivity contribution in [1.82, 2.24) is 5.32 Å². The lowest BCUT2D eigenvalue weighted by Gasteiger charge is -2.25. The molecule has 0 radical (unpaired) electrons. The number of hydrogen-bond acceptors (Lipinski definition) is 1. The highest BCUT2D eigenvalue weighted by molar-refractivity contribution is 14.1. The van der Waals surface area contributed by atoms with Crippen LogP contribution in [0.2, 0.25) is 0 Å². The summed E-state index contributed by atoms with van der Waals surface area (Å²) in [6.07, 6.45) is 0.427. The van der Waals surface area contributed by atoms with Gasteiger partial charge < -0.3 is 0 Å². The SMILES string of the molecule is FC(F)(F)NC1CCCCCC1CI. The van der Waals surface area contributed by atoms with E-state index in [9.17, 15) is 13.2 Å². The molecule has 1 fully saturated rings. The van der Waals surface area contributed by atoms with E-state index in [1.165, 1.54) is 0 Å². The van der Waals surface area contributed by atoms with Crippen LogP contribution in [0.25, 0.3) is 0 Å². The molecule has 1 N–H and O–H groups in total. The van der Waals surface area contributed by atoms with Crippen LogP contribution in [0, 0.1) is 5.92 Å². The molecule has 1 rings (SSSR count). The average molecular weight is 321 g/mol. The van der Waals surface area contributed by atoms with Crippen LogP contribution in [0.5, 0.6) is 0 Å². The second kappa shape index (κ2) is 5.53. The maximum absolute atomic E-state index is 12.2. The molecule has 5 heteroatoms. The first-order valence-electron chi connectivity index (χ1n) is 4.93. The summed E-state index contributed by atoms with van der Waals surface area (Å²) in [6.45, 7) is 0. The van der Waals surface area contributed by atoms with Gasteiger partial charge >= 0.3 is 6.30 Å². The van der Waals surface area contributed by atoms with Crippen molar-refractivity contribution in [3.8, 4) is 0 Å². The third-order valence-corrected chi connectivity index (χ3v) is 3.84. The fraction of sp³-hybridized carbons (Fsp3) is 1.00. The molecule has 1 nitrogen and oxygen atoms in total. The summed E-state index contributed by atoms with van der Waals surface area (Å²) in [5, 5.41) is 1.79. The summed E-state index contributed by atoms with van der Waals surface area (Å²) >= 11 is 2.18. The maximum Gasteiger partial charge on any atom is 0.457 e. The lowest BCUT2D eigenvalue weighted by atomic mass is 9.97. The molecule has 2 unspecified atom stereocenters. The fourth-order valence-corrected chi connectivity index (χ4v) is 3.02. The first-order chi connectivity index (χ1) is 6.53. The molecule has 0 bridgehead atoms. The van der Waals surface area contributed by atoms with Crippen molar-refractivity contribution in [3.63, 3.8) is 0 Å². The van der Waals surface area contributed by atoms with Crippen molar-refractivity contribution in [3.05, 3.63) is 0 Å². The highest BCUT2D eigenvalue weighted by Gasteiger charge is 2.34. The first-order valence-corrected chi connectivity index (χ1v) is 6.46. The van der Waals surface area contributed by atoms with Crippen LogP contribution in [0.3, 0.4) is 0 Å². The van der Waals surface area contributed by atoms with E-state index < -0.39 is 6.30 Å². The van der Waals surface area contributed by atoms with Gasteiger partial charge in [-0.25, -0.2) is 5.32 Å². The van der Waals surface area contributed by atoms with Crippen molar-refractivity contribution >= 4 is 22.6 Å².